The van der Waals surface area contributed by atoms with Crippen LogP contribution in [0.4, 0.5) is 4.79 Å². The Hall–Kier alpha value is -2.83. The maximum atomic E-state index is 11.7. The molecule has 1 rings (SSSR count). The molecule has 0 radical (unpaired) electrons. The maximum Gasteiger partial charge on any atom is 0.364 e. The second-order valence-corrected chi connectivity index (χ2v) is 3.25. The standard InChI is InChI=1S/C12H12N2O5/c1-18-8-7-10(15)14(12(13)17)19-11(16)9-5-3-2-4-6-9/h2-8H,1H3,(H2,13,17). The van der Waals surface area contributed by atoms with Crippen LogP contribution in [-0.4, -0.2) is 30.1 Å². The van der Waals surface area contributed by atoms with Crippen molar-refractivity contribution in [2.75, 3.05) is 7.11 Å². The van der Waals surface area contributed by atoms with E-state index in [2.05, 4.69) is 9.57 Å². The Morgan fingerprint density at radius 2 is 1.84 bits per heavy atom. The van der Waals surface area contributed by atoms with Crippen LogP contribution in [0.25, 0.3) is 0 Å². The predicted molar refractivity (Wildman–Crippen MR) is 64.4 cm³/mol. The highest BCUT2D eigenvalue weighted by Crippen LogP contribution is 2.04. The van der Waals surface area contributed by atoms with Crippen molar-refractivity contribution < 1.29 is 24.0 Å². The first kappa shape index (κ1) is 14.2. The average molecular weight is 264 g/mol. The molecule has 0 bridgehead atoms. The lowest BCUT2D eigenvalue weighted by Gasteiger charge is -2.14. The van der Waals surface area contributed by atoms with Gasteiger partial charge in [0, 0.05) is 6.08 Å². The zero-order chi connectivity index (χ0) is 14.3. The lowest BCUT2D eigenvalue weighted by Crippen LogP contribution is -2.41. The van der Waals surface area contributed by atoms with Crippen molar-refractivity contribution in [2.24, 2.45) is 5.73 Å². The van der Waals surface area contributed by atoms with Gasteiger partial charge in [-0.15, -0.1) is 0 Å². The number of methoxy groups -OCH3 is 1. The van der Waals surface area contributed by atoms with E-state index >= 15 is 0 Å². The van der Waals surface area contributed by atoms with Crippen LogP contribution in [0.2, 0.25) is 0 Å². The first-order valence-electron chi connectivity index (χ1n) is 5.16. The van der Waals surface area contributed by atoms with Crippen LogP contribution in [0.15, 0.2) is 42.7 Å². The molecule has 7 heteroatoms. The summed E-state index contributed by atoms with van der Waals surface area (Å²) in [6.45, 7) is 0. The fourth-order valence-electron chi connectivity index (χ4n) is 1.10. The Balaban J connectivity index is 2.80. The number of nitrogens with two attached hydrogens (primary N) is 1. The van der Waals surface area contributed by atoms with Gasteiger partial charge in [-0.3, -0.25) is 4.79 Å². The highest BCUT2D eigenvalue weighted by atomic mass is 16.7. The van der Waals surface area contributed by atoms with Crippen LogP contribution >= 0.6 is 0 Å². The molecule has 0 spiro atoms. The van der Waals surface area contributed by atoms with Crippen LogP contribution in [0.5, 0.6) is 0 Å². The fraction of sp³-hybridized carbons (Fsp3) is 0.0833. The Morgan fingerprint density at radius 1 is 1.21 bits per heavy atom. The molecule has 0 atom stereocenters. The number of carbonyl (C=O) groups excluding carboxylic acids is 3. The highest BCUT2D eigenvalue weighted by Gasteiger charge is 2.23. The number of rotatable bonds is 3. The van der Waals surface area contributed by atoms with Crippen LogP contribution in [0.3, 0.4) is 0 Å². The molecule has 0 aliphatic carbocycles. The number of benzene rings is 1. The number of carbonyl (C=O) groups is 3. The molecule has 19 heavy (non-hydrogen) atoms. The summed E-state index contributed by atoms with van der Waals surface area (Å²) in [5.74, 6) is -1.81. The molecule has 0 unspecified atom stereocenters. The van der Waals surface area contributed by atoms with E-state index in [4.69, 9.17) is 5.73 Å². The van der Waals surface area contributed by atoms with Crippen molar-refractivity contribution in [3.05, 3.63) is 48.2 Å². The topological polar surface area (TPSA) is 98.9 Å². The number of nitrogens with zero attached hydrogens (tertiary/aromatic N) is 1. The summed E-state index contributed by atoms with van der Waals surface area (Å²) in [6, 6.07) is 6.65. The third-order valence-electron chi connectivity index (χ3n) is 1.93. The largest absolute Gasteiger partial charge is 0.504 e. The molecule has 1 aromatic carbocycles. The Bertz CT molecular complexity index is 498. The summed E-state index contributed by atoms with van der Waals surface area (Å²) in [7, 11) is 1.31. The molecule has 3 amide bonds. The molecule has 0 aliphatic rings. The molecule has 7 nitrogen and oxygen atoms in total. The van der Waals surface area contributed by atoms with Crippen molar-refractivity contribution in [1.82, 2.24) is 5.06 Å². The number of hydroxylamine groups is 2. The van der Waals surface area contributed by atoms with E-state index in [9.17, 15) is 14.4 Å². The zero-order valence-electron chi connectivity index (χ0n) is 10.1. The van der Waals surface area contributed by atoms with Crippen LogP contribution in [0.1, 0.15) is 10.4 Å². The van der Waals surface area contributed by atoms with Crippen molar-refractivity contribution in [2.45, 2.75) is 0 Å². The molecule has 0 saturated heterocycles. The summed E-state index contributed by atoms with van der Waals surface area (Å²) in [5, 5.41) is 0.144. The SMILES string of the molecule is COC=CC(=O)N(OC(=O)c1ccccc1)C(N)=O. The van der Waals surface area contributed by atoms with Crippen LogP contribution < -0.4 is 5.73 Å². The van der Waals surface area contributed by atoms with Gasteiger partial charge in [-0.1, -0.05) is 23.3 Å². The molecule has 0 heterocycles. The van der Waals surface area contributed by atoms with Crippen LogP contribution in [0, 0.1) is 0 Å². The van der Waals surface area contributed by atoms with Crippen molar-refractivity contribution >= 4 is 17.9 Å². The van der Waals surface area contributed by atoms with Gasteiger partial charge in [-0.25, -0.2) is 9.59 Å². The third kappa shape index (κ3) is 4.15. The number of ether oxygens (including phenoxy) is 1. The molecular weight excluding hydrogens is 252 g/mol. The first-order chi connectivity index (χ1) is 9.06. The molecular formula is C12H12N2O5. The Kier molecular flexibility index (Phi) is 5.09. The van der Waals surface area contributed by atoms with E-state index in [1.54, 1.807) is 18.2 Å². The van der Waals surface area contributed by atoms with E-state index in [0.29, 0.717) is 0 Å². The van der Waals surface area contributed by atoms with Gasteiger partial charge in [0.25, 0.3) is 5.91 Å². The number of amides is 3. The van der Waals surface area contributed by atoms with E-state index in [-0.39, 0.29) is 10.6 Å². The minimum atomic E-state index is -1.21. The van der Waals surface area contributed by atoms with E-state index in [1.807, 2.05) is 0 Å². The van der Waals surface area contributed by atoms with Crippen molar-refractivity contribution in [3.8, 4) is 0 Å². The molecule has 0 aliphatic heterocycles. The molecule has 100 valence electrons. The Labute approximate surface area is 109 Å². The van der Waals surface area contributed by atoms with Gasteiger partial charge < -0.3 is 15.3 Å². The van der Waals surface area contributed by atoms with Gasteiger partial charge in [0.05, 0.1) is 18.9 Å². The second-order valence-electron chi connectivity index (χ2n) is 3.25. The summed E-state index contributed by atoms with van der Waals surface area (Å²) < 4.78 is 4.51. The average Bonchev–Trinajstić information content (AvgIpc) is 2.42. The number of urea groups is 1. The lowest BCUT2D eigenvalue weighted by molar-refractivity contribution is -0.148. The van der Waals surface area contributed by atoms with Gasteiger partial charge >= 0.3 is 12.0 Å². The maximum absolute atomic E-state index is 11.7. The lowest BCUT2D eigenvalue weighted by atomic mass is 10.2. The van der Waals surface area contributed by atoms with Gasteiger partial charge in [0.1, 0.15) is 0 Å². The summed E-state index contributed by atoms with van der Waals surface area (Å²) in [5.41, 5.74) is 5.13. The number of hydrogen-bond donors (Lipinski definition) is 1. The minimum absolute atomic E-state index is 0.144. The summed E-state index contributed by atoms with van der Waals surface area (Å²) in [6.07, 6.45) is 1.91. The van der Waals surface area contributed by atoms with Gasteiger partial charge in [-0.05, 0) is 12.1 Å². The Morgan fingerprint density at radius 3 is 2.37 bits per heavy atom. The first-order valence-corrected chi connectivity index (χ1v) is 5.16. The third-order valence-corrected chi connectivity index (χ3v) is 1.93. The van der Waals surface area contributed by atoms with E-state index in [1.165, 1.54) is 19.2 Å². The predicted octanol–water partition coefficient (Wildman–Crippen LogP) is 0.826. The van der Waals surface area contributed by atoms with E-state index in [0.717, 1.165) is 12.3 Å². The summed E-state index contributed by atoms with van der Waals surface area (Å²) >= 11 is 0. The smallest absolute Gasteiger partial charge is 0.364 e. The monoisotopic (exact) mass is 264 g/mol. The van der Waals surface area contributed by atoms with Gasteiger partial charge in [0.2, 0.25) is 0 Å². The highest BCUT2D eigenvalue weighted by molar-refractivity contribution is 6.00. The molecule has 2 N–H and O–H groups in total. The summed E-state index contributed by atoms with van der Waals surface area (Å²) in [4.78, 5) is 38.8. The van der Waals surface area contributed by atoms with Crippen LogP contribution in [-0.2, 0) is 14.4 Å². The molecule has 1 aromatic rings. The quantitative estimate of drug-likeness (QED) is 0.495. The molecule has 0 saturated carbocycles. The second kappa shape index (κ2) is 6.80. The number of primary amides is 1. The molecule has 0 fully saturated rings. The van der Waals surface area contributed by atoms with Gasteiger partial charge in [0.15, 0.2) is 0 Å². The van der Waals surface area contributed by atoms with E-state index < -0.39 is 17.9 Å². The number of imide groups is 1. The number of hydrogen-bond acceptors (Lipinski definition) is 5. The van der Waals surface area contributed by atoms with Gasteiger partial charge in [-0.2, -0.15) is 0 Å². The normalized spacial score (nSPS) is 9.95. The van der Waals surface area contributed by atoms with Crippen molar-refractivity contribution in [3.63, 3.8) is 0 Å². The molecule has 0 aromatic heterocycles. The van der Waals surface area contributed by atoms with Crippen molar-refractivity contribution in [1.29, 1.82) is 0 Å². The zero-order valence-corrected chi connectivity index (χ0v) is 10.1. The fourth-order valence-corrected chi connectivity index (χ4v) is 1.10. The minimum Gasteiger partial charge on any atom is -0.504 e.